The van der Waals surface area contributed by atoms with E-state index in [9.17, 15) is 4.79 Å². The van der Waals surface area contributed by atoms with Crippen molar-refractivity contribution < 1.29 is 9.53 Å². The number of hydrogen-bond acceptors (Lipinski definition) is 3. The molecule has 22 heavy (non-hydrogen) atoms. The highest BCUT2D eigenvalue weighted by Crippen LogP contribution is 2.28. The number of ether oxygens (including phenoxy) is 1. The molecule has 1 amide bonds. The molecule has 2 unspecified atom stereocenters. The molecule has 0 spiro atoms. The molecule has 130 valence electrons. The van der Waals surface area contributed by atoms with E-state index in [1.165, 1.54) is 12.8 Å². The fourth-order valence-electron chi connectivity index (χ4n) is 2.57. The molecule has 4 heteroatoms. The summed E-state index contributed by atoms with van der Waals surface area (Å²) in [6.45, 7) is 14.2. The van der Waals surface area contributed by atoms with E-state index >= 15 is 0 Å². The quantitative estimate of drug-likeness (QED) is 0.694. The van der Waals surface area contributed by atoms with Gasteiger partial charge in [-0.2, -0.15) is 0 Å². The number of nitrogens with zero attached hydrogens (tertiary/aromatic N) is 1. The minimum atomic E-state index is -0.417. The number of amides is 1. The van der Waals surface area contributed by atoms with Crippen molar-refractivity contribution in [2.24, 2.45) is 5.92 Å². The minimum absolute atomic E-state index is 0.160. The summed E-state index contributed by atoms with van der Waals surface area (Å²) in [5, 5.41) is 3.62. The third-order valence-corrected chi connectivity index (χ3v) is 4.28. The highest BCUT2D eigenvalue weighted by Gasteiger charge is 2.34. The van der Waals surface area contributed by atoms with E-state index in [0.717, 1.165) is 38.3 Å². The van der Waals surface area contributed by atoms with E-state index in [4.69, 9.17) is 4.74 Å². The van der Waals surface area contributed by atoms with Crippen molar-refractivity contribution in [3.63, 3.8) is 0 Å². The SMILES string of the molecule is CCC(C)CC(CC)NCCN(C(=O)OC(C)(C)C)C1CC1. The van der Waals surface area contributed by atoms with Crippen LogP contribution in [0.15, 0.2) is 0 Å². The van der Waals surface area contributed by atoms with Crippen molar-refractivity contribution in [1.82, 2.24) is 10.2 Å². The zero-order valence-corrected chi connectivity index (χ0v) is 15.4. The normalized spacial score (nSPS) is 17.9. The van der Waals surface area contributed by atoms with Crippen molar-refractivity contribution in [1.29, 1.82) is 0 Å². The lowest BCUT2D eigenvalue weighted by atomic mass is 9.98. The molecule has 2 atom stereocenters. The first kappa shape index (κ1) is 19.3. The molecule has 0 saturated heterocycles. The molecule has 1 aliphatic rings. The van der Waals surface area contributed by atoms with Crippen molar-refractivity contribution in [3.8, 4) is 0 Å². The Kier molecular flexibility index (Phi) is 7.67. The van der Waals surface area contributed by atoms with Crippen LogP contribution in [0.1, 0.15) is 73.6 Å². The Morgan fingerprint density at radius 2 is 1.91 bits per heavy atom. The molecule has 1 fully saturated rings. The van der Waals surface area contributed by atoms with Crippen LogP contribution in [0.25, 0.3) is 0 Å². The van der Waals surface area contributed by atoms with Gasteiger partial charge in [0.05, 0.1) is 0 Å². The number of hydrogen-bond donors (Lipinski definition) is 1. The Hall–Kier alpha value is -0.770. The molecule has 0 aromatic heterocycles. The molecule has 1 saturated carbocycles. The first-order valence-corrected chi connectivity index (χ1v) is 8.99. The molecular weight excluding hydrogens is 276 g/mol. The van der Waals surface area contributed by atoms with Crippen LogP contribution in [0.4, 0.5) is 4.79 Å². The number of nitrogens with one attached hydrogen (secondary N) is 1. The van der Waals surface area contributed by atoms with Crippen LogP contribution in [0.2, 0.25) is 0 Å². The van der Waals surface area contributed by atoms with Gasteiger partial charge in [0.15, 0.2) is 0 Å². The smallest absolute Gasteiger partial charge is 0.410 e. The molecular formula is C18H36N2O2. The average molecular weight is 312 g/mol. The zero-order chi connectivity index (χ0) is 16.8. The topological polar surface area (TPSA) is 41.6 Å². The van der Waals surface area contributed by atoms with E-state index in [1.807, 2.05) is 25.7 Å². The summed E-state index contributed by atoms with van der Waals surface area (Å²) in [5.74, 6) is 0.753. The molecule has 0 radical (unpaired) electrons. The van der Waals surface area contributed by atoms with E-state index in [-0.39, 0.29) is 6.09 Å². The summed E-state index contributed by atoms with van der Waals surface area (Å²) in [6, 6.07) is 0.945. The molecule has 0 aliphatic heterocycles. The lowest BCUT2D eigenvalue weighted by Crippen LogP contribution is -2.43. The summed E-state index contributed by atoms with van der Waals surface area (Å²) < 4.78 is 5.53. The van der Waals surface area contributed by atoms with Crippen LogP contribution in [0.3, 0.4) is 0 Å². The second-order valence-corrected chi connectivity index (χ2v) is 7.71. The van der Waals surface area contributed by atoms with Crippen molar-refractivity contribution in [3.05, 3.63) is 0 Å². The predicted octanol–water partition coefficient (Wildman–Crippen LogP) is 4.19. The molecule has 1 N–H and O–H groups in total. The monoisotopic (exact) mass is 312 g/mol. The minimum Gasteiger partial charge on any atom is -0.444 e. The van der Waals surface area contributed by atoms with Crippen LogP contribution in [-0.2, 0) is 4.74 Å². The summed E-state index contributed by atoms with van der Waals surface area (Å²) in [4.78, 5) is 14.2. The molecule has 0 heterocycles. The third-order valence-electron chi connectivity index (χ3n) is 4.28. The van der Waals surface area contributed by atoms with Gasteiger partial charge in [-0.15, -0.1) is 0 Å². The number of carbonyl (C=O) groups is 1. The van der Waals surface area contributed by atoms with Crippen molar-refractivity contribution >= 4 is 6.09 Å². The Morgan fingerprint density at radius 3 is 2.36 bits per heavy atom. The van der Waals surface area contributed by atoms with Gasteiger partial charge >= 0.3 is 6.09 Å². The first-order chi connectivity index (χ1) is 10.3. The lowest BCUT2D eigenvalue weighted by Gasteiger charge is -2.28. The predicted molar refractivity (Wildman–Crippen MR) is 92.1 cm³/mol. The standard InChI is InChI=1S/C18H36N2O2/c1-7-14(3)13-15(8-2)19-11-12-20(16-9-10-16)17(21)22-18(4,5)6/h14-16,19H,7-13H2,1-6H3. The average Bonchev–Trinajstić information content (AvgIpc) is 3.24. The highest BCUT2D eigenvalue weighted by atomic mass is 16.6. The van der Waals surface area contributed by atoms with Crippen LogP contribution in [0, 0.1) is 5.92 Å². The van der Waals surface area contributed by atoms with Crippen molar-refractivity contribution in [2.45, 2.75) is 91.3 Å². The van der Waals surface area contributed by atoms with Gasteiger partial charge in [-0.3, -0.25) is 0 Å². The maximum absolute atomic E-state index is 12.3. The molecule has 1 rings (SSSR count). The third kappa shape index (κ3) is 7.48. The number of rotatable bonds is 9. The Bertz CT molecular complexity index is 334. The molecule has 0 bridgehead atoms. The van der Waals surface area contributed by atoms with E-state index in [2.05, 4.69) is 26.1 Å². The van der Waals surface area contributed by atoms with Crippen LogP contribution in [0.5, 0.6) is 0 Å². The Labute approximate surface area is 137 Å². The van der Waals surface area contributed by atoms with Gasteiger partial charge in [0, 0.05) is 25.2 Å². The molecule has 4 nitrogen and oxygen atoms in total. The first-order valence-electron chi connectivity index (χ1n) is 8.99. The van der Waals surface area contributed by atoms with Crippen LogP contribution >= 0.6 is 0 Å². The summed E-state index contributed by atoms with van der Waals surface area (Å²) in [5.41, 5.74) is -0.417. The van der Waals surface area contributed by atoms with E-state index in [1.54, 1.807) is 0 Å². The van der Waals surface area contributed by atoms with Crippen LogP contribution < -0.4 is 5.32 Å². The Balaban J connectivity index is 2.39. The summed E-state index contributed by atoms with van der Waals surface area (Å²) >= 11 is 0. The van der Waals surface area contributed by atoms with Gasteiger partial charge < -0.3 is 15.0 Å². The second-order valence-electron chi connectivity index (χ2n) is 7.71. The van der Waals surface area contributed by atoms with E-state index in [0.29, 0.717) is 12.1 Å². The zero-order valence-electron chi connectivity index (χ0n) is 15.4. The van der Waals surface area contributed by atoms with Gasteiger partial charge in [0.2, 0.25) is 0 Å². The molecule has 0 aromatic rings. The van der Waals surface area contributed by atoms with Gasteiger partial charge in [-0.1, -0.05) is 27.2 Å². The molecule has 1 aliphatic carbocycles. The largest absolute Gasteiger partial charge is 0.444 e. The van der Waals surface area contributed by atoms with Gasteiger partial charge in [-0.25, -0.2) is 4.79 Å². The fourth-order valence-corrected chi connectivity index (χ4v) is 2.57. The fraction of sp³-hybridized carbons (Fsp3) is 0.944. The van der Waals surface area contributed by atoms with Crippen LogP contribution in [-0.4, -0.2) is 41.8 Å². The van der Waals surface area contributed by atoms with Gasteiger partial charge in [0.25, 0.3) is 0 Å². The second kappa shape index (κ2) is 8.76. The van der Waals surface area contributed by atoms with E-state index < -0.39 is 5.60 Å². The Morgan fingerprint density at radius 1 is 1.27 bits per heavy atom. The van der Waals surface area contributed by atoms with Gasteiger partial charge in [0.1, 0.15) is 5.60 Å². The lowest BCUT2D eigenvalue weighted by molar-refractivity contribution is 0.0234. The van der Waals surface area contributed by atoms with Gasteiger partial charge in [-0.05, 0) is 52.4 Å². The van der Waals surface area contributed by atoms with Crippen molar-refractivity contribution in [2.75, 3.05) is 13.1 Å². The summed E-state index contributed by atoms with van der Waals surface area (Å²) in [6.07, 6.45) is 5.65. The maximum Gasteiger partial charge on any atom is 0.410 e. The molecule has 0 aromatic carbocycles. The summed E-state index contributed by atoms with van der Waals surface area (Å²) in [7, 11) is 0. The number of carbonyl (C=O) groups excluding carboxylic acids is 1. The highest BCUT2D eigenvalue weighted by molar-refractivity contribution is 5.69. The maximum atomic E-state index is 12.3.